The highest BCUT2D eigenvalue weighted by atomic mass is 32.2. The number of rotatable bonds is 9. The first kappa shape index (κ1) is 21.9. The van der Waals surface area contributed by atoms with Gasteiger partial charge >= 0.3 is 6.61 Å². The Morgan fingerprint density at radius 3 is 2.30 bits per heavy atom. The minimum atomic E-state index is -3.69. The van der Waals surface area contributed by atoms with Gasteiger partial charge < -0.3 is 10.1 Å². The van der Waals surface area contributed by atoms with Crippen LogP contribution in [0.15, 0.2) is 70.9 Å². The number of carbonyl (C=O) groups is 1. The number of benzene rings is 2. The Labute approximate surface area is 176 Å². The first-order chi connectivity index (χ1) is 14.3. The SMILES string of the molecule is O=C(NCc1ccc(OC(F)F)cc1)c1ccc(S(=O)(=O)NCc2cccs2)cc1. The molecular weight excluding hydrogens is 434 g/mol. The van der Waals surface area contributed by atoms with Crippen LogP contribution in [0.4, 0.5) is 8.78 Å². The van der Waals surface area contributed by atoms with Crippen molar-refractivity contribution in [2.24, 2.45) is 0 Å². The zero-order chi connectivity index (χ0) is 21.6. The zero-order valence-corrected chi connectivity index (χ0v) is 17.2. The number of sulfonamides is 1. The van der Waals surface area contributed by atoms with Gasteiger partial charge in [-0.05, 0) is 53.4 Å². The first-order valence-electron chi connectivity index (χ1n) is 8.77. The molecule has 1 amide bonds. The summed E-state index contributed by atoms with van der Waals surface area (Å²) >= 11 is 1.45. The van der Waals surface area contributed by atoms with E-state index >= 15 is 0 Å². The summed E-state index contributed by atoms with van der Waals surface area (Å²) in [6.07, 6.45) is 0. The van der Waals surface area contributed by atoms with Crippen molar-refractivity contribution in [3.63, 3.8) is 0 Å². The van der Waals surface area contributed by atoms with Crippen molar-refractivity contribution in [3.8, 4) is 5.75 Å². The van der Waals surface area contributed by atoms with Crippen LogP contribution in [-0.4, -0.2) is 20.9 Å². The molecule has 0 atom stereocenters. The Morgan fingerprint density at radius 1 is 1.00 bits per heavy atom. The quantitative estimate of drug-likeness (QED) is 0.518. The fourth-order valence-electron chi connectivity index (χ4n) is 2.52. The van der Waals surface area contributed by atoms with Gasteiger partial charge in [-0.3, -0.25) is 4.79 Å². The molecule has 6 nitrogen and oxygen atoms in total. The topological polar surface area (TPSA) is 84.5 Å². The van der Waals surface area contributed by atoms with E-state index in [2.05, 4.69) is 14.8 Å². The molecule has 0 aliphatic heterocycles. The van der Waals surface area contributed by atoms with E-state index in [-0.39, 0.29) is 23.7 Å². The fraction of sp³-hybridized carbons (Fsp3) is 0.150. The Kier molecular flexibility index (Phi) is 7.14. The summed E-state index contributed by atoms with van der Waals surface area (Å²) in [5, 5.41) is 4.55. The van der Waals surface area contributed by atoms with Gasteiger partial charge in [0, 0.05) is 23.5 Å². The lowest BCUT2D eigenvalue weighted by molar-refractivity contribution is -0.0498. The van der Waals surface area contributed by atoms with Gasteiger partial charge in [-0.25, -0.2) is 13.1 Å². The average Bonchev–Trinajstić information content (AvgIpc) is 3.25. The van der Waals surface area contributed by atoms with Gasteiger partial charge in [-0.2, -0.15) is 8.78 Å². The second-order valence-corrected chi connectivity index (χ2v) is 8.93. The molecule has 0 saturated heterocycles. The molecule has 0 spiro atoms. The lowest BCUT2D eigenvalue weighted by Gasteiger charge is -2.09. The predicted octanol–water partition coefficient (Wildman–Crippen LogP) is 3.76. The van der Waals surface area contributed by atoms with E-state index in [0.717, 1.165) is 4.88 Å². The van der Waals surface area contributed by atoms with Crippen molar-refractivity contribution in [2.45, 2.75) is 24.6 Å². The van der Waals surface area contributed by atoms with Crippen LogP contribution in [0.2, 0.25) is 0 Å². The molecule has 3 rings (SSSR count). The van der Waals surface area contributed by atoms with Crippen LogP contribution >= 0.6 is 11.3 Å². The predicted molar refractivity (Wildman–Crippen MR) is 109 cm³/mol. The van der Waals surface area contributed by atoms with Crippen molar-refractivity contribution in [3.05, 3.63) is 82.0 Å². The molecule has 0 radical (unpaired) electrons. The summed E-state index contributed by atoms with van der Waals surface area (Å²) in [6.45, 7) is -2.52. The lowest BCUT2D eigenvalue weighted by atomic mass is 10.2. The maximum absolute atomic E-state index is 12.3. The van der Waals surface area contributed by atoms with Gasteiger partial charge in [0.15, 0.2) is 0 Å². The van der Waals surface area contributed by atoms with E-state index in [9.17, 15) is 22.0 Å². The van der Waals surface area contributed by atoms with Crippen molar-refractivity contribution >= 4 is 27.3 Å². The van der Waals surface area contributed by atoms with Crippen molar-refractivity contribution < 1.29 is 26.7 Å². The van der Waals surface area contributed by atoms with Crippen LogP contribution in [0.1, 0.15) is 20.8 Å². The number of thiophene rings is 1. The molecule has 10 heteroatoms. The van der Waals surface area contributed by atoms with E-state index in [0.29, 0.717) is 11.1 Å². The minimum absolute atomic E-state index is 0.0320. The first-order valence-corrected chi connectivity index (χ1v) is 11.1. The molecule has 1 heterocycles. The van der Waals surface area contributed by atoms with E-state index in [1.807, 2.05) is 17.5 Å². The average molecular weight is 453 g/mol. The minimum Gasteiger partial charge on any atom is -0.435 e. The molecule has 0 unspecified atom stereocenters. The molecular formula is C20H18F2N2O4S2. The van der Waals surface area contributed by atoms with Gasteiger partial charge in [-0.15, -0.1) is 11.3 Å². The van der Waals surface area contributed by atoms with Crippen LogP contribution in [0.3, 0.4) is 0 Å². The number of amides is 1. The smallest absolute Gasteiger partial charge is 0.387 e. The summed E-state index contributed by atoms with van der Waals surface area (Å²) in [4.78, 5) is 13.2. The summed E-state index contributed by atoms with van der Waals surface area (Å²) < 4.78 is 55.8. The number of halogens is 2. The van der Waals surface area contributed by atoms with Gasteiger partial charge in [-0.1, -0.05) is 18.2 Å². The van der Waals surface area contributed by atoms with E-state index < -0.39 is 22.5 Å². The molecule has 0 bridgehead atoms. The molecule has 158 valence electrons. The second kappa shape index (κ2) is 9.79. The van der Waals surface area contributed by atoms with Gasteiger partial charge in [0.25, 0.3) is 5.91 Å². The van der Waals surface area contributed by atoms with Crippen LogP contribution in [0, 0.1) is 0 Å². The number of alkyl halides is 2. The van der Waals surface area contributed by atoms with Crippen LogP contribution in [0.25, 0.3) is 0 Å². The standard InChI is InChI=1S/C20H18F2N2O4S2/c21-20(22)28-16-7-3-14(4-8-16)12-23-19(25)15-5-9-18(10-6-15)30(26,27)24-13-17-2-1-11-29-17/h1-11,20,24H,12-13H2,(H,23,25). The van der Waals surface area contributed by atoms with E-state index in [1.165, 1.54) is 47.7 Å². The molecule has 2 N–H and O–H groups in total. The highest BCUT2D eigenvalue weighted by Crippen LogP contribution is 2.16. The largest absolute Gasteiger partial charge is 0.435 e. The third-order valence-corrected chi connectivity index (χ3v) is 6.34. The number of nitrogens with one attached hydrogen (secondary N) is 2. The van der Waals surface area contributed by atoms with Crippen LogP contribution in [0.5, 0.6) is 5.75 Å². The summed E-state index contributed by atoms with van der Waals surface area (Å²) in [7, 11) is -3.69. The van der Waals surface area contributed by atoms with Crippen molar-refractivity contribution in [2.75, 3.05) is 0 Å². The van der Waals surface area contributed by atoms with Crippen molar-refractivity contribution in [1.29, 1.82) is 0 Å². The molecule has 0 saturated carbocycles. The van der Waals surface area contributed by atoms with Crippen LogP contribution in [-0.2, 0) is 23.1 Å². The Balaban J connectivity index is 1.55. The van der Waals surface area contributed by atoms with Gasteiger partial charge in [0.05, 0.1) is 4.90 Å². The Bertz CT molecular complexity index is 1070. The zero-order valence-electron chi connectivity index (χ0n) is 15.5. The molecule has 0 aliphatic carbocycles. The van der Waals surface area contributed by atoms with Gasteiger partial charge in [0.1, 0.15) is 5.75 Å². The number of carbonyl (C=O) groups excluding carboxylic acids is 1. The molecule has 2 aromatic carbocycles. The summed E-state index contributed by atoms with van der Waals surface area (Å²) in [5.74, 6) is -0.358. The fourth-order valence-corrected chi connectivity index (χ4v) is 4.26. The number of hydrogen-bond donors (Lipinski definition) is 2. The maximum Gasteiger partial charge on any atom is 0.387 e. The number of hydrogen-bond acceptors (Lipinski definition) is 5. The Hall–Kier alpha value is -2.82. The molecule has 0 fully saturated rings. The Morgan fingerprint density at radius 2 is 1.70 bits per heavy atom. The molecule has 1 aromatic heterocycles. The monoisotopic (exact) mass is 452 g/mol. The third kappa shape index (κ3) is 6.09. The second-order valence-electron chi connectivity index (χ2n) is 6.13. The highest BCUT2D eigenvalue weighted by Gasteiger charge is 2.15. The lowest BCUT2D eigenvalue weighted by Crippen LogP contribution is -2.24. The van der Waals surface area contributed by atoms with Gasteiger partial charge in [0.2, 0.25) is 10.0 Å². The summed E-state index contributed by atoms with van der Waals surface area (Å²) in [5.41, 5.74) is 0.992. The molecule has 30 heavy (non-hydrogen) atoms. The summed E-state index contributed by atoms with van der Waals surface area (Å²) in [6, 6.07) is 15.1. The molecule has 0 aliphatic rings. The normalized spacial score (nSPS) is 11.4. The molecule has 3 aromatic rings. The van der Waals surface area contributed by atoms with Crippen LogP contribution < -0.4 is 14.8 Å². The third-order valence-electron chi connectivity index (χ3n) is 4.04. The maximum atomic E-state index is 12.3. The van der Waals surface area contributed by atoms with Crippen molar-refractivity contribution in [1.82, 2.24) is 10.0 Å². The highest BCUT2D eigenvalue weighted by molar-refractivity contribution is 7.89. The van der Waals surface area contributed by atoms with E-state index in [1.54, 1.807) is 12.1 Å². The van der Waals surface area contributed by atoms with E-state index in [4.69, 9.17) is 0 Å². The number of ether oxygens (including phenoxy) is 1.